The first-order valence-corrected chi connectivity index (χ1v) is 7.86. The molecule has 1 saturated heterocycles. The molecule has 1 amide bonds. The Bertz CT molecular complexity index is 499. The lowest BCUT2D eigenvalue weighted by Gasteiger charge is -2.36. The van der Waals surface area contributed by atoms with Crippen LogP contribution in [0.15, 0.2) is 18.2 Å². The van der Waals surface area contributed by atoms with Gasteiger partial charge in [-0.15, -0.1) is 0 Å². The number of nitrogens with two attached hydrogens (primary N) is 1. The van der Waals surface area contributed by atoms with Gasteiger partial charge in [0.25, 0.3) is 5.91 Å². The van der Waals surface area contributed by atoms with Crippen LogP contribution in [0.1, 0.15) is 42.6 Å². The van der Waals surface area contributed by atoms with Gasteiger partial charge in [0.1, 0.15) is 0 Å². The minimum Gasteiger partial charge on any atom is -0.371 e. The van der Waals surface area contributed by atoms with E-state index in [1.807, 2.05) is 12.1 Å². The number of primary amides is 1. The first-order chi connectivity index (χ1) is 9.97. The molecule has 0 aliphatic carbocycles. The third-order valence-corrected chi connectivity index (χ3v) is 4.09. The Labute approximate surface area is 127 Å². The fraction of sp³-hybridized carbons (Fsp3) is 0.588. The number of aryl methyl sites for hydroxylation is 1. The van der Waals surface area contributed by atoms with E-state index in [0.29, 0.717) is 17.5 Å². The fourth-order valence-corrected chi connectivity index (χ4v) is 2.96. The molecule has 4 nitrogen and oxygen atoms in total. The molecule has 1 aromatic rings. The Kier molecular flexibility index (Phi) is 5.23. The van der Waals surface area contributed by atoms with Gasteiger partial charge in [0.2, 0.25) is 0 Å². The predicted molar refractivity (Wildman–Crippen MR) is 87.8 cm³/mol. The first-order valence-electron chi connectivity index (χ1n) is 7.86. The van der Waals surface area contributed by atoms with Crippen LogP contribution < -0.4 is 16.0 Å². The molecule has 1 heterocycles. The average Bonchev–Trinajstić information content (AvgIpc) is 2.45. The van der Waals surface area contributed by atoms with E-state index in [2.05, 4.69) is 37.1 Å². The van der Waals surface area contributed by atoms with Gasteiger partial charge >= 0.3 is 0 Å². The maximum absolute atomic E-state index is 11.7. The zero-order valence-corrected chi connectivity index (χ0v) is 13.4. The molecule has 21 heavy (non-hydrogen) atoms. The van der Waals surface area contributed by atoms with E-state index in [-0.39, 0.29) is 5.91 Å². The predicted octanol–water partition coefficient (Wildman–Crippen LogP) is 2.31. The van der Waals surface area contributed by atoms with Crippen LogP contribution in [-0.2, 0) is 0 Å². The molecule has 0 saturated carbocycles. The van der Waals surface area contributed by atoms with Crippen molar-refractivity contribution in [2.75, 3.05) is 24.5 Å². The minimum atomic E-state index is -0.340. The summed E-state index contributed by atoms with van der Waals surface area (Å²) in [6.45, 7) is 9.42. The van der Waals surface area contributed by atoms with Crippen LogP contribution in [0.3, 0.4) is 0 Å². The van der Waals surface area contributed by atoms with Crippen molar-refractivity contribution in [3.8, 4) is 0 Å². The molecule has 1 aliphatic rings. The standard InChI is InChI=1S/C17H27N3O/c1-12(2)19-10-14-5-4-8-20(11-14)16-9-13(3)6-7-15(16)17(18)21/h6-7,9,12,14,19H,4-5,8,10-11H2,1-3H3,(H2,18,21). The first kappa shape index (κ1) is 15.8. The zero-order valence-electron chi connectivity index (χ0n) is 13.4. The Morgan fingerprint density at radius 2 is 2.24 bits per heavy atom. The summed E-state index contributed by atoms with van der Waals surface area (Å²) >= 11 is 0. The van der Waals surface area contributed by atoms with Gasteiger partial charge in [0.05, 0.1) is 5.56 Å². The molecular formula is C17H27N3O. The second-order valence-electron chi connectivity index (χ2n) is 6.40. The molecule has 1 unspecified atom stereocenters. The summed E-state index contributed by atoms with van der Waals surface area (Å²) in [5.74, 6) is 0.287. The monoisotopic (exact) mass is 289 g/mol. The summed E-state index contributed by atoms with van der Waals surface area (Å²) < 4.78 is 0. The molecule has 3 N–H and O–H groups in total. The summed E-state index contributed by atoms with van der Waals surface area (Å²) in [5, 5.41) is 3.52. The number of benzene rings is 1. The van der Waals surface area contributed by atoms with Crippen LogP contribution >= 0.6 is 0 Å². The molecule has 0 aromatic heterocycles. The van der Waals surface area contributed by atoms with Crippen LogP contribution in [0.25, 0.3) is 0 Å². The van der Waals surface area contributed by atoms with E-state index in [4.69, 9.17) is 5.73 Å². The van der Waals surface area contributed by atoms with Crippen LogP contribution in [0.4, 0.5) is 5.69 Å². The number of amides is 1. The second kappa shape index (κ2) is 6.94. The Morgan fingerprint density at radius 1 is 1.48 bits per heavy atom. The SMILES string of the molecule is Cc1ccc(C(N)=O)c(N2CCCC(CNC(C)C)C2)c1. The zero-order chi connectivity index (χ0) is 15.4. The molecule has 0 bridgehead atoms. The molecule has 0 spiro atoms. The largest absolute Gasteiger partial charge is 0.371 e. The summed E-state index contributed by atoms with van der Waals surface area (Å²) in [6, 6.07) is 6.40. The van der Waals surface area contributed by atoms with E-state index >= 15 is 0 Å². The van der Waals surface area contributed by atoms with Crippen LogP contribution in [0.2, 0.25) is 0 Å². The van der Waals surface area contributed by atoms with Gasteiger partial charge in [-0.3, -0.25) is 4.79 Å². The van der Waals surface area contributed by atoms with E-state index in [0.717, 1.165) is 37.3 Å². The molecule has 1 atom stereocenters. The Hall–Kier alpha value is -1.55. The number of carbonyl (C=O) groups is 1. The third kappa shape index (κ3) is 4.21. The summed E-state index contributed by atoms with van der Waals surface area (Å²) in [4.78, 5) is 14.0. The number of piperidine rings is 1. The average molecular weight is 289 g/mol. The van der Waals surface area contributed by atoms with Crippen LogP contribution in [0, 0.1) is 12.8 Å². The van der Waals surface area contributed by atoms with E-state index < -0.39 is 0 Å². The molecule has 1 aliphatic heterocycles. The number of nitrogens with zero attached hydrogens (tertiary/aromatic N) is 1. The van der Waals surface area contributed by atoms with Crippen LogP contribution in [0.5, 0.6) is 0 Å². The maximum atomic E-state index is 11.7. The molecule has 4 heteroatoms. The van der Waals surface area contributed by atoms with Crippen molar-refractivity contribution >= 4 is 11.6 Å². The normalized spacial score (nSPS) is 19.0. The van der Waals surface area contributed by atoms with Crippen molar-refractivity contribution in [1.82, 2.24) is 5.32 Å². The topological polar surface area (TPSA) is 58.4 Å². The third-order valence-electron chi connectivity index (χ3n) is 4.09. The summed E-state index contributed by atoms with van der Waals surface area (Å²) in [7, 11) is 0. The molecule has 116 valence electrons. The number of carbonyl (C=O) groups excluding carboxylic acids is 1. The van der Waals surface area contributed by atoms with Crippen LogP contribution in [-0.4, -0.2) is 31.6 Å². The van der Waals surface area contributed by atoms with Crippen molar-refractivity contribution < 1.29 is 4.79 Å². The Balaban J connectivity index is 2.13. The summed E-state index contributed by atoms with van der Waals surface area (Å²) in [5.41, 5.74) is 8.32. The highest BCUT2D eigenvalue weighted by molar-refractivity contribution is 5.98. The lowest BCUT2D eigenvalue weighted by atomic mass is 9.96. The molecule has 2 rings (SSSR count). The van der Waals surface area contributed by atoms with Gasteiger partial charge < -0.3 is 16.0 Å². The Morgan fingerprint density at radius 3 is 2.90 bits per heavy atom. The van der Waals surface area contributed by atoms with Gasteiger partial charge in [-0.1, -0.05) is 19.9 Å². The second-order valence-corrected chi connectivity index (χ2v) is 6.40. The molecule has 1 fully saturated rings. The number of anilines is 1. The number of hydrogen-bond donors (Lipinski definition) is 2. The van der Waals surface area contributed by atoms with Crippen molar-refractivity contribution in [3.05, 3.63) is 29.3 Å². The van der Waals surface area contributed by atoms with E-state index in [9.17, 15) is 4.79 Å². The van der Waals surface area contributed by atoms with E-state index in [1.165, 1.54) is 6.42 Å². The van der Waals surface area contributed by atoms with Gasteiger partial charge in [-0.05, 0) is 49.9 Å². The van der Waals surface area contributed by atoms with Crippen molar-refractivity contribution in [2.24, 2.45) is 11.7 Å². The highest BCUT2D eigenvalue weighted by atomic mass is 16.1. The van der Waals surface area contributed by atoms with Gasteiger partial charge in [-0.2, -0.15) is 0 Å². The smallest absolute Gasteiger partial charge is 0.250 e. The lowest BCUT2D eigenvalue weighted by Crippen LogP contribution is -2.41. The highest BCUT2D eigenvalue weighted by Gasteiger charge is 2.23. The van der Waals surface area contributed by atoms with E-state index in [1.54, 1.807) is 0 Å². The quantitative estimate of drug-likeness (QED) is 0.874. The van der Waals surface area contributed by atoms with Crippen molar-refractivity contribution in [3.63, 3.8) is 0 Å². The maximum Gasteiger partial charge on any atom is 0.250 e. The lowest BCUT2D eigenvalue weighted by molar-refractivity contribution is 0.100. The fourth-order valence-electron chi connectivity index (χ4n) is 2.96. The molecular weight excluding hydrogens is 262 g/mol. The molecule has 0 radical (unpaired) electrons. The highest BCUT2D eigenvalue weighted by Crippen LogP contribution is 2.27. The molecule has 1 aromatic carbocycles. The number of hydrogen-bond acceptors (Lipinski definition) is 3. The number of rotatable bonds is 5. The summed E-state index contributed by atoms with van der Waals surface area (Å²) in [6.07, 6.45) is 2.41. The van der Waals surface area contributed by atoms with Gasteiger partial charge in [0.15, 0.2) is 0 Å². The minimum absolute atomic E-state index is 0.340. The number of nitrogens with one attached hydrogen (secondary N) is 1. The van der Waals surface area contributed by atoms with Crippen molar-refractivity contribution in [2.45, 2.75) is 39.7 Å². The van der Waals surface area contributed by atoms with Crippen molar-refractivity contribution in [1.29, 1.82) is 0 Å². The van der Waals surface area contributed by atoms with Gasteiger partial charge in [-0.25, -0.2) is 0 Å². The van der Waals surface area contributed by atoms with Gasteiger partial charge in [0, 0.05) is 24.8 Å².